The van der Waals surface area contributed by atoms with Gasteiger partial charge in [0.1, 0.15) is 22.3 Å². The molecule has 0 spiro atoms. The number of hydrogen-bond donors (Lipinski definition) is 0. The monoisotopic (exact) mass is 757 g/mol. The minimum absolute atomic E-state index is 0.382. The van der Waals surface area contributed by atoms with Gasteiger partial charge in [-0.05, 0) is 63.7 Å². The van der Waals surface area contributed by atoms with E-state index in [1.165, 1.54) is 11.1 Å². The molecule has 5 heteroatoms. The van der Waals surface area contributed by atoms with Crippen LogP contribution in [-0.4, -0.2) is 15.0 Å². The Morgan fingerprint density at radius 1 is 0.356 bits per heavy atom. The third-order valence-corrected chi connectivity index (χ3v) is 12.1. The molecule has 1 aliphatic carbocycles. The maximum absolute atomic E-state index is 6.64. The molecule has 1 aliphatic rings. The van der Waals surface area contributed by atoms with Crippen LogP contribution in [-0.2, 0) is 5.41 Å². The molecular weight excluding hydrogens is 723 g/mol. The standard InChI is InChI=1S/C54H35N3O2/c1-54(2)44-30-34(36-21-13-23-40-38-19-9-11-25-46(38)58-49(36)40)27-28-42(44)48-43(53-56-51(32-15-5-3-6-16-32)55-52(57-53)33-17-7-4-8-18-33)29-35(31-45(48)54)37-22-14-24-41-39-20-10-12-26-47(39)59-50(37)41/h3-31H,1-2H3. The lowest BCUT2D eigenvalue weighted by Crippen LogP contribution is -2.15. The molecule has 3 heterocycles. The van der Waals surface area contributed by atoms with E-state index in [1.54, 1.807) is 0 Å². The van der Waals surface area contributed by atoms with Crippen LogP contribution in [0.2, 0.25) is 0 Å². The van der Waals surface area contributed by atoms with E-state index in [0.717, 1.165) is 93.9 Å². The number of aromatic nitrogens is 3. The van der Waals surface area contributed by atoms with Gasteiger partial charge in [-0.2, -0.15) is 0 Å². The van der Waals surface area contributed by atoms with Crippen molar-refractivity contribution in [3.8, 4) is 67.5 Å². The molecule has 0 aliphatic heterocycles. The molecule has 0 unspecified atom stereocenters. The summed E-state index contributed by atoms with van der Waals surface area (Å²) in [7, 11) is 0. The number of para-hydroxylation sites is 4. The molecule has 0 N–H and O–H groups in total. The van der Waals surface area contributed by atoms with Crippen LogP contribution in [0, 0.1) is 0 Å². The minimum Gasteiger partial charge on any atom is -0.455 e. The van der Waals surface area contributed by atoms with Gasteiger partial charge in [0.2, 0.25) is 0 Å². The highest BCUT2D eigenvalue weighted by Gasteiger charge is 2.39. The lowest BCUT2D eigenvalue weighted by Gasteiger charge is -2.23. The maximum Gasteiger partial charge on any atom is 0.164 e. The second kappa shape index (κ2) is 12.7. The Hall–Kier alpha value is -7.63. The molecule has 0 fully saturated rings. The van der Waals surface area contributed by atoms with Crippen LogP contribution in [0.5, 0.6) is 0 Å². The first-order valence-electron chi connectivity index (χ1n) is 20.0. The quantitative estimate of drug-likeness (QED) is 0.175. The van der Waals surface area contributed by atoms with Gasteiger partial charge in [-0.15, -0.1) is 0 Å². The van der Waals surface area contributed by atoms with E-state index in [2.05, 4.69) is 129 Å². The summed E-state index contributed by atoms with van der Waals surface area (Å²) in [6.07, 6.45) is 0. The molecular formula is C54H35N3O2. The smallest absolute Gasteiger partial charge is 0.164 e. The van der Waals surface area contributed by atoms with Crippen molar-refractivity contribution in [3.05, 3.63) is 187 Å². The summed E-state index contributed by atoms with van der Waals surface area (Å²) in [6, 6.07) is 61.2. The summed E-state index contributed by atoms with van der Waals surface area (Å²) in [5, 5.41) is 4.43. The number of nitrogens with zero attached hydrogens (tertiary/aromatic N) is 3. The number of rotatable bonds is 5. The zero-order chi connectivity index (χ0) is 39.2. The zero-order valence-corrected chi connectivity index (χ0v) is 32.4. The van der Waals surface area contributed by atoms with Crippen molar-refractivity contribution in [1.29, 1.82) is 0 Å². The molecule has 278 valence electrons. The van der Waals surface area contributed by atoms with Gasteiger partial charge >= 0.3 is 0 Å². The molecule has 0 saturated carbocycles. The Labute approximate surface area is 340 Å². The topological polar surface area (TPSA) is 65.0 Å². The summed E-state index contributed by atoms with van der Waals surface area (Å²) in [5.74, 6) is 1.87. The molecule has 0 saturated heterocycles. The minimum atomic E-state index is -0.382. The molecule has 0 atom stereocenters. The van der Waals surface area contributed by atoms with E-state index in [0.29, 0.717) is 17.5 Å². The Morgan fingerprint density at radius 3 is 1.44 bits per heavy atom. The molecule has 0 radical (unpaired) electrons. The van der Waals surface area contributed by atoms with Gasteiger partial charge in [0.15, 0.2) is 17.5 Å². The number of benzene rings is 8. The number of hydrogen-bond acceptors (Lipinski definition) is 5. The first kappa shape index (κ1) is 33.5. The average Bonchev–Trinajstić information content (AvgIpc) is 3.94. The van der Waals surface area contributed by atoms with Crippen molar-refractivity contribution in [1.82, 2.24) is 15.0 Å². The fourth-order valence-corrected chi connectivity index (χ4v) is 9.23. The summed E-state index contributed by atoms with van der Waals surface area (Å²) < 4.78 is 13.2. The van der Waals surface area contributed by atoms with Gasteiger partial charge in [-0.1, -0.05) is 159 Å². The molecule has 12 rings (SSSR count). The summed E-state index contributed by atoms with van der Waals surface area (Å²) in [6.45, 7) is 4.66. The van der Waals surface area contributed by atoms with E-state index in [-0.39, 0.29) is 5.41 Å². The predicted molar refractivity (Wildman–Crippen MR) is 239 cm³/mol. The third-order valence-electron chi connectivity index (χ3n) is 12.1. The Bertz CT molecular complexity index is 3410. The molecule has 3 aromatic heterocycles. The highest BCUT2D eigenvalue weighted by molar-refractivity contribution is 6.11. The van der Waals surface area contributed by atoms with Gasteiger partial charge in [-0.25, -0.2) is 15.0 Å². The molecule has 59 heavy (non-hydrogen) atoms. The molecule has 0 amide bonds. The number of furan rings is 2. The van der Waals surface area contributed by atoms with Gasteiger partial charge in [0.05, 0.1) is 0 Å². The molecule has 11 aromatic rings. The van der Waals surface area contributed by atoms with Gasteiger partial charge in [-0.3, -0.25) is 0 Å². The van der Waals surface area contributed by atoms with Crippen LogP contribution in [0.1, 0.15) is 25.0 Å². The largest absolute Gasteiger partial charge is 0.455 e. The first-order chi connectivity index (χ1) is 29.0. The van der Waals surface area contributed by atoms with Crippen LogP contribution < -0.4 is 0 Å². The lowest BCUT2D eigenvalue weighted by atomic mass is 9.80. The maximum atomic E-state index is 6.64. The van der Waals surface area contributed by atoms with Gasteiger partial charge in [0, 0.05) is 54.8 Å². The molecule has 0 bridgehead atoms. The zero-order valence-electron chi connectivity index (χ0n) is 32.4. The summed E-state index contributed by atoms with van der Waals surface area (Å²) in [4.78, 5) is 15.6. The fourth-order valence-electron chi connectivity index (χ4n) is 9.23. The van der Waals surface area contributed by atoms with E-state index in [4.69, 9.17) is 23.8 Å². The van der Waals surface area contributed by atoms with E-state index >= 15 is 0 Å². The molecule has 5 nitrogen and oxygen atoms in total. The van der Waals surface area contributed by atoms with Crippen LogP contribution in [0.25, 0.3) is 111 Å². The Kier molecular flexibility index (Phi) is 7.20. The second-order valence-corrected chi connectivity index (χ2v) is 15.9. The normalized spacial score (nSPS) is 13.1. The van der Waals surface area contributed by atoms with E-state index in [1.807, 2.05) is 60.7 Å². The van der Waals surface area contributed by atoms with Crippen LogP contribution in [0.3, 0.4) is 0 Å². The van der Waals surface area contributed by atoms with Crippen molar-refractivity contribution in [3.63, 3.8) is 0 Å². The summed E-state index contributed by atoms with van der Waals surface area (Å²) >= 11 is 0. The predicted octanol–water partition coefficient (Wildman–Crippen LogP) is 14.3. The van der Waals surface area contributed by atoms with Crippen molar-refractivity contribution < 1.29 is 8.83 Å². The van der Waals surface area contributed by atoms with Crippen LogP contribution >= 0.6 is 0 Å². The van der Waals surface area contributed by atoms with Crippen LogP contribution in [0.4, 0.5) is 0 Å². The SMILES string of the molecule is CC1(C)c2cc(-c3cccc4c3oc3ccccc34)ccc2-c2c(-c3nc(-c4ccccc4)nc(-c4ccccc4)n3)cc(-c3cccc4c3oc3ccccc34)cc21. The Balaban J connectivity index is 1.13. The highest BCUT2D eigenvalue weighted by atomic mass is 16.3. The Morgan fingerprint density at radius 2 is 0.847 bits per heavy atom. The highest BCUT2D eigenvalue weighted by Crippen LogP contribution is 2.55. The molecule has 8 aromatic carbocycles. The lowest BCUT2D eigenvalue weighted by molar-refractivity contribution is 0.660. The number of fused-ring (bicyclic) bond motifs is 9. The van der Waals surface area contributed by atoms with Crippen molar-refractivity contribution in [2.24, 2.45) is 0 Å². The second-order valence-electron chi connectivity index (χ2n) is 15.9. The first-order valence-corrected chi connectivity index (χ1v) is 20.0. The summed E-state index contributed by atoms with van der Waals surface area (Å²) in [5.41, 5.74) is 14.9. The third kappa shape index (κ3) is 5.14. The van der Waals surface area contributed by atoms with Crippen molar-refractivity contribution in [2.75, 3.05) is 0 Å². The van der Waals surface area contributed by atoms with Crippen molar-refractivity contribution >= 4 is 43.9 Å². The van der Waals surface area contributed by atoms with Gasteiger partial charge < -0.3 is 8.83 Å². The fraction of sp³-hybridized carbons (Fsp3) is 0.0556. The van der Waals surface area contributed by atoms with E-state index in [9.17, 15) is 0 Å². The van der Waals surface area contributed by atoms with Crippen LogP contribution in [0.15, 0.2) is 185 Å². The van der Waals surface area contributed by atoms with Gasteiger partial charge in [0.25, 0.3) is 0 Å². The van der Waals surface area contributed by atoms with Crippen molar-refractivity contribution in [2.45, 2.75) is 19.3 Å². The average molecular weight is 758 g/mol. The van der Waals surface area contributed by atoms with E-state index < -0.39 is 0 Å².